The van der Waals surface area contributed by atoms with Crippen molar-refractivity contribution in [1.29, 1.82) is 0 Å². The lowest BCUT2D eigenvalue weighted by Gasteiger charge is -2.31. The molecule has 2 fully saturated rings. The molecule has 2 aliphatic rings. The van der Waals surface area contributed by atoms with Crippen LogP contribution in [0.1, 0.15) is 48.2 Å². The largest absolute Gasteiger partial charge is 0.384 e. The van der Waals surface area contributed by atoms with Gasteiger partial charge < -0.3 is 19.5 Å². The number of carbonyl (C=O) groups excluding carboxylic acids is 1. The number of piperidine rings is 1. The maximum absolute atomic E-state index is 12.5. The van der Waals surface area contributed by atoms with E-state index >= 15 is 0 Å². The molecule has 7 nitrogen and oxygen atoms in total. The van der Waals surface area contributed by atoms with Gasteiger partial charge in [-0.25, -0.2) is 0 Å². The predicted molar refractivity (Wildman–Crippen MR) is 74.8 cm³/mol. The van der Waals surface area contributed by atoms with Crippen LogP contribution in [0.5, 0.6) is 0 Å². The lowest BCUT2D eigenvalue weighted by atomic mass is 9.99. The second kappa shape index (κ2) is 6.53. The number of likely N-dealkylation sites (tertiary alicyclic amines) is 1. The summed E-state index contributed by atoms with van der Waals surface area (Å²) in [6.45, 7) is 3.11. The first-order valence-corrected chi connectivity index (χ1v) is 7.63. The van der Waals surface area contributed by atoms with Crippen LogP contribution in [-0.4, -0.2) is 54.3 Å². The summed E-state index contributed by atoms with van der Waals surface area (Å²) in [5.74, 6) is 0.970. The molecule has 0 aromatic carbocycles. The summed E-state index contributed by atoms with van der Waals surface area (Å²) < 4.78 is 10.4. The van der Waals surface area contributed by atoms with Crippen molar-refractivity contribution >= 4 is 5.91 Å². The van der Waals surface area contributed by atoms with Gasteiger partial charge in [0.15, 0.2) is 0 Å². The van der Waals surface area contributed by atoms with Crippen LogP contribution < -0.4 is 5.32 Å². The number of methoxy groups -OCH3 is 1. The van der Waals surface area contributed by atoms with E-state index in [1.807, 2.05) is 4.90 Å². The van der Waals surface area contributed by atoms with Gasteiger partial charge in [-0.2, -0.15) is 4.98 Å². The van der Waals surface area contributed by atoms with Gasteiger partial charge in [0.05, 0.1) is 12.6 Å². The summed E-state index contributed by atoms with van der Waals surface area (Å²) in [4.78, 5) is 18.5. The maximum Gasteiger partial charge on any atom is 0.295 e. The molecule has 7 heteroatoms. The van der Waals surface area contributed by atoms with Gasteiger partial charge in [-0.05, 0) is 38.1 Å². The average molecular weight is 294 g/mol. The Kier molecular flexibility index (Phi) is 4.50. The lowest BCUT2D eigenvalue weighted by molar-refractivity contribution is 0.0557. The van der Waals surface area contributed by atoms with E-state index in [0.717, 1.165) is 38.8 Å². The molecule has 0 radical (unpaired) electrons. The minimum atomic E-state index is -0.135. The average Bonchev–Trinajstić information content (AvgIpc) is 3.18. The van der Waals surface area contributed by atoms with Gasteiger partial charge in [0.2, 0.25) is 5.89 Å². The van der Waals surface area contributed by atoms with E-state index < -0.39 is 0 Å². The first-order valence-electron chi connectivity index (χ1n) is 7.63. The number of rotatable bonds is 4. The van der Waals surface area contributed by atoms with Crippen molar-refractivity contribution in [3.05, 3.63) is 11.7 Å². The van der Waals surface area contributed by atoms with Crippen LogP contribution in [0.4, 0.5) is 0 Å². The fourth-order valence-corrected chi connectivity index (χ4v) is 3.12. The Hall–Kier alpha value is -1.47. The third-order valence-corrected chi connectivity index (χ3v) is 4.20. The van der Waals surface area contributed by atoms with Crippen molar-refractivity contribution in [3.63, 3.8) is 0 Å². The molecule has 0 spiro atoms. The minimum absolute atomic E-state index is 0.0987. The summed E-state index contributed by atoms with van der Waals surface area (Å²) in [7, 11) is 1.70. The van der Waals surface area contributed by atoms with Gasteiger partial charge in [-0.3, -0.25) is 4.79 Å². The highest BCUT2D eigenvalue weighted by Crippen LogP contribution is 2.22. The Bertz CT molecular complexity index is 482. The molecule has 2 unspecified atom stereocenters. The van der Waals surface area contributed by atoms with E-state index in [9.17, 15) is 4.79 Å². The monoisotopic (exact) mass is 294 g/mol. The molecule has 3 heterocycles. The number of aromatic nitrogens is 2. The zero-order valence-corrected chi connectivity index (χ0v) is 12.4. The Labute approximate surface area is 124 Å². The quantitative estimate of drug-likeness (QED) is 0.892. The second-order valence-corrected chi connectivity index (χ2v) is 5.82. The normalized spacial score (nSPS) is 26.2. The molecule has 0 aliphatic carbocycles. The van der Waals surface area contributed by atoms with Gasteiger partial charge in [0.1, 0.15) is 0 Å². The molecule has 2 aliphatic heterocycles. The molecule has 1 aromatic rings. The van der Waals surface area contributed by atoms with Crippen molar-refractivity contribution in [2.75, 3.05) is 33.4 Å². The Morgan fingerprint density at radius 2 is 2.38 bits per heavy atom. The number of hydrogen-bond acceptors (Lipinski definition) is 6. The number of hydrogen-bond donors (Lipinski definition) is 1. The highest BCUT2D eigenvalue weighted by atomic mass is 16.5. The molecular weight excluding hydrogens is 272 g/mol. The standard InChI is InChI=1S/C14H22N4O3/c1-20-9-10-4-3-7-18(8-10)14(19)12-16-13(21-17-12)11-5-2-6-15-11/h10-11,15H,2-9H2,1H3. The number of nitrogens with zero attached hydrogens (tertiary/aromatic N) is 3. The van der Waals surface area contributed by atoms with Crippen LogP contribution in [0.2, 0.25) is 0 Å². The first-order chi connectivity index (χ1) is 10.3. The highest BCUT2D eigenvalue weighted by molar-refractivity contribution is 5.90. The molecule has 3 rings (SSSR count). The fourth-order valence-electron chi connectivity index (χ4n) is 3.12. The van der Waals surface area contributed by atoms with Crippen molar-refractivity contribution in [2.24, 2.45) is 5.92 Å². The van der Waals surface area contributed by atoms with Crippen LogP contribution in [0.3, 0.4) is 0 Å². The van der Waals surface area contributed by atoms with Crippen molar-refractivity contribution in [1.82, 2.24) is 20.4 Å². The molecular formula is C14H22N4O3. The van der Waals surface area contributed by atoms with E-state index in [1.165, 1.54) is 0 Å². The Morgan fingerprint density at radius 3 is 3.14 bits per heavy atom. The van der Waals surface area contributed by atoms with E-state index in [1.54, 1.807) is 7.11 Å². The molecule has 2 saturated heterocycles. The summed E-state index contributed by atoms with van der Waals surface area (Å²) in [6, 6.07) is 0.0987. The summed E-state index contributed by atoms with van der Waals surface area (Å²) in [5, 5.41) is 7.15. The maximum atomic E-state index is 12.5. The zero-order valence-electron chi connectivity index (χ0n) is 12.4. The summed E-state index contributed by atoms with van der Waals surface area (Å²) in [6.07, 6.45) is 4.17. The topological polar surface area (TPSA) is 80.5 Å². The van der Waals surface area contributed by atoms with Gasteiger partial charge in [0.25, 0.3) is 11.7 Å². The molecule has 1 N–H and O–H groups in total. The third kappa shape index (κ3) is 3.24. The molecule has 1 amide bonds. The lowest BCUT2D eigenvalue weighted by Crippen LogP contribution is -2.41. The molecule has 0 bridgehead atoms. The van der Waals surface area contributed by atoms with Crippen LogP contribution in [0, 0.1) is 5.92 Å². The zero-order chi connectivity index (χ0) is 14.7. The first kappa shape index (κ1) is 14.5. The Morgan fingerprint density at radius 1 is 1.48 bits per heavy atom. The number of amides is 1. The van der Waals surface area contributed by atoms with Crippen molar-refractivity contribution < 1.29 is 14.1 Å². The summed E-state index contributed by atoms with van der Waals surface area (Å²) in [5.41, 5.74) is 0. The number of ether oxygens (including phenoxy) is 1. The van der Waals surface area contributed by atoms with Crippen LogP contribution in [-0.2, 0) is 4.74 Å². The molecule has 0 saturated carbocycles. The van der Waals surface area contributed by atoms with Gasteiger partial charge in [-0.15, -0.1) is 0 Å². The van der Waals surface area contributed by atoms with Crippen LogP contribution >= 0.6 is 0 Å². The van der Waals surface area contributed by atoms with Crippen molar-refractivity contribution in [3.8, 4) is 0 Å². The van der Waals surface area contributed by atoms with E-state index in [4.69, 9.17) is 9.26 Å². The molecule has 21 heavy (non-hydrogen) atoms. The minimum Gasteiger partial charge on any atom is -0.384 e. The van der Waals surface area contributed by atoms with Crippen LogP contribution in [0.25, 0.3) is 0 Å². The van der Waals surface area contributed by atoms with Crippen molar-refractivity contribution in [2.45, 2.75) is 31.7 Å². The van der Waals surface area contributed by atoms with Gasteiger partial charge in [-0.1, -0.05) is 5.16 Å². The smallest absolute Gasteiger partial charge is 0.295 e. The predicted octanol–water partition coefficient (Wildman–Crippen LogP) is 0.993. The second-order valence-electron chi connectivity index (χ2n) is 5.82. The fraction of sp³-hybridized carbons (Fsp3) is 0.786. The third-order valence-electron chi connectivity index (χ3n) is 4.20. The van der Waals surface area contributed by atoms with Gasteiger partial charge >= 0.3 is 0 Å². The van der Waals surface area contributed by atoms with E-state index in [0.29, 0.717) is 25.0 Å². The summed E-state index contributed by atoms with van der Waals surface area (Å²) >= 11 is 0. The highest BCUT2D eigenvalue weighted by Gasteiger charge is 2.29. The molecule has 2 atom stereocenters. The van der Waals surface area contributed by atoms with Gasteiger partial charge in [0, 0.05) is 20.2 Å². The van der Waals surface area contributed by atoms with E-state index in [-0.39, 0.29) is 17.8 Å². The van der Waals surface area contributed by atoms with Crippen LogP contribution in [0.15, 0.2) is 4.52 Å². The Balaban J connectivity index is 1.64. The number of nitrogens with one attached hydrogen (secondary N) is 1. The number of carbonyl (C=O) groups is 1. The molecule has 116 valence electrons. The molecule has 1 aromatic heterocycles. The SMILES string of the molecule is COCC1CCCN(C(=O)c2noc(C3CCCN3)n2)C1. The van der Waals surface area contributed by atoms with E-state index in [2.05, 4.69) is 15.5 Å².